The quantitative estimate of drug-likeness (QED) is 0.629. The molecule has 4 nitrogen and oxygen atoms in total. The third kappa shape index (κ3) is 2.19. The summed E-state index contributed by atoms with van der Waals surface area (Å²) >= 11 is 0. The second-order valence-electron chi connectivity index (χ2n) is 5.28. The highest BCUT2D eigenvalue weighted by molar-refractivity contribution is 6.36. The minimum atomic E-state index is -0.292. The first-order valence-corrected chi connectivity index (χ1v) is 7.07. The summed E-state index contributed by atoms with van der Waals surface area (Å²) in [5, 5.41) is 2.86. The topological polar surface area (TPSA) is 40.6 Å². The first kappa shape index (κ1) is 14.1. The minimum absolute atomic E-state index is 0.229. The summed E-state index contributed by atoms with van der Waals surface area (Å²) < 4.78 is 0. The van der Waals surface area contributed by atoms with E-state index in [2.05, 4.69) is 0 Å². The minimum Gasteiger partial charge on any atom is -0.267 e. The lowest BCUT2D eigenvalue weighted by molar-refractivity contribution is -0.116. The summed E-state index contributed by atoms with van der Waals surface area (Å²) in [6.45, 7) is 3.56. The summed E-state index contributed by atoms with van der Waals surface area (Å²) in [5.41, 5.74) is 2.28. The number of para-hydroxylation sites is 2. The fourth-order valence-corrected chi connectivity index (χ4v) is 2.52. The first-order valence-electron chi connectivity index (χ1n) is 7.07. The Morgan fingerprint density at radius 1 is 0.682 bits per heavy atom. The molecule has 1 fully saturated rings. The van der Waals surface area contributed by atoms with Gasteiger partial charge in [0.25, 0.3) is 11.8 Å². The van der Waals surface area contributed by atoms with Crippen LogP contribution in [0.25, 0.3) is 0 Å². The molecule has 3 rings (SSSR count). The maximum Gasteiger partial charge on any atom is 0.283 e. The molecule has 1 heterocycles. The fraction of sp³-hybridized carbons (Fsp3) is 0.111. The average Bonchev–Trinajstić information content (AvgIpc) is 2.80. The van der Waals surface area contributed by atoms with Crippen LogP contribution in [0.2, 0.25) is 0 Å². The summed E-state index contributed by atoms with van der Waals surface area (Å²) in [5.74, 6) is -0.583. The van der Waals surface area contributed by atoms with Crippen LogP contribution in [0.1, 0.15) is 13.8 Å². The van der Waals surface area contributed by atoms with Crippen molar-refractivity contribution in [3.8, 4) is 0 Å². The van der Waals surface area contributed by atoms with E-state index < -0.39 is 0 Å². The van der Waals surface area contributed by atoms with Gasteiger partial charge in [0.05, 0.1) is 11.4 Å². The van der Waals surface area contributed by atoms with Gasteiger partial charge in [0.15, 0.2) is 0 Å². The average molecular weight is 292 g/mol. The molecule has 1 aliphatic rings. The molecule has 110 valence electrons. The first-order chi connectivity index (χ1) is 10.6. The van der Waals surface area contributed by atoms with E-state index in [-0.39, 0.29) is 17.4 Å². The lowest BCUT2D eigenvalue weighted by atomic mass is 10.1. The highest BCUT2D eigenvalue weighted by Gasteiger charge is 2.43. The number of hydrazine groups is 1. The molecule has 0 atom stereocenters. The van der Waals surface area contributed by atoms with Gasteiger partial charge in [-0.1, -0.05) is 42.0 Å². The molecule has 0 aromatic heterocycles. The monoisotopic (exact) mass is 292 g/mol. The van der Waals surface area contributed by atoms with Crippen molar-refractivity contribution in [2.24, 2.45) is 0 Å². The summed E-state index contributed by atoms with van der Waals surface area (Å²) in [7, 11) is 0. The molecule has 2 aromatic rings. The van der Waals surface area contributed by atoms with Crippen LogP contribution in [0.5, 0.6) is 0 Å². The molecular weight excluding hydrogens is 276 g/mol. The van der Waals surface area contributed by atoms with E-state index in [0.29, 0.717) is 11.4 Å². The Labute approximate surface area is 129 Å². The molecule has 0 saturated carbocycles. The van der Waals surface area contributed by atoms with Gasteiger partial charge >= 0.3 is 0 Å². The predicted octanol–water partition coefficient (Wildman–Crippen LogP) is 3.32. The number of allylic oxidation sites excluding steroid dienone is 1. The van der Waals surface area contributed by atoms with E-state index in [1.165, 1.54) is 10.0 Å². The van der Waals surface area contributed by atoms with Crippen LogP contribution in [0.4, 0.5) is 11.4 Å². The van der Waals surface area contributed by atoms with Gasteiger partial charge in [0.2, 0.25) is 0 Å². The molecule has 0 unspecified atom stereocenters. The van der Waals surface area contributed by atoms with E-state index in [9.17, 15) is 9.59 Å². The molecule has 0 radical (unpaired) electrons. The second kappa shape index (κ2) is 5.48. The number of benzene rings is 2. The van der Waals surface area contributed by atoms with Crippen molar-refractivity contribution in [3.63, 3.8) is 0 Å². The van der Waals surface area contributed by atoms with Crippen molar-refractivity contribution in [3.05, 3.63) is 71.8 Å². The molecule has 1 aliphatic heterocycles. The number of rotatable bonds is 2. The highest BCUT2D eigenvalue weighted by atomic mass is 16.2. The van der Waals surface area contributed by atoms with E-state index >= 15 is 0 Å². The third-order valence-corrected chi connectivity index (χ3v) is 3.51. The SMILES string of the molecule is CC(C)=C1C(=O)N(c2ccccc2)N(c2ccccc2)C1=O. The van der Waals surface area contributed by atoms with Gasteiger partial charge in [-0.2, -0.15) is 0 Å². The van der Waals surface area contributed by atoms with Crippen LogP contribution in [-0.4, -0.2) is 11.8 Å². The van der Waals surface area contributed by atoms with Gasteiger partial charge in [-0.3, -0.25) is 9.59 Å². The van der Waals surface area contributed by atoms with Crippen molar-refractivity contribution < 1.29 is 9.59 Å². The standard InChI is InChI=1S/C18H16N2O2/c1-13(2)16-17(21)19(14-9-5-3-6-10-14)20(18(16)22)15-11-7-4-8-12-15/h3-12H,1-2H3. The van der Waals surface area contributed by atoms with Crippen LogP contribution in [0.15, 0.2) is 71.8 Å². The van der Waals surface area contributed by atoms with Crippen molar-refractivity contribution >= 4 is 23.2 Å². The Morgan fingerprint density at radius 2 is 1.05 bits per heavy atom. The van der Waals surface area contributed by atoms with Crippen molar-refractivity contribution in [2.45, 2.75) is 13.8 Å². The van der Waals surface area contributed by atoms with Crippen molar-refractivity contribution in [1.82, 2.24) is 0 Å². The number of nitrogens with zero attached hydrogens (tertiary/aromatic N) is 2. The Kier molecular flexibility index (Phi) is 3.51. The fourth-order valence-electron chi connectivity index (χ4n) is 2.52. The zero-order chi connectivity index (χ0) is 15.7. The largest absolute Gasteiger partial charge is 0.283 e. The summed E-state index contributed by atoms with van der Waals surface area (Å²) in [4.78, 5) is 25.5. The van der Waals surface area contributed by atoms with Crippen molar-refractivity contribution in [1.29, 1.82) is 0 Å². The molecule has 22 heavy (non-hydrogen) atoms. The number of carbonyl (C=O) groups is 2. The van der Waals surface area contributed by atoms with Crippen molar-refractivity contribution in [2.75, 3.05) is 10.0 Å². The number of hydrogen-bond donors (Lipinski definition) is 0. The van der Waals surface area contributed by atoms with Gasteiger partial charge in [-0.25, -0.2) is 10.0 Å². The zero-order valence-electron chi connectivity index (χ0n) is 12.5. The van der Waals surface area contributed by atoms with Crippen LogP contribution in [-0.2, 0) is 9.59 Å². The molecule has 4 heteroatoms. The Balaban J connectivity index is 2.18. The molecule has 0 spiro atoms. The van der Waals surface area contributed by atoms with Crippen LogP contribution in [0.3, 0.4) is 0 Å². The molecule has 0 bridgehead atoms. The lowest BCUT2D eigenvalue weighted by Crippen LogP contribution is -2.41. The summed E-state index contributed by atoms with van der Waals surface area (Å²) in [6, 6.07) is 18.4. The predicted molar refractivity (Wildman–Crippen MR) is 86.2 cm³/mol. The van der Waals surface area contributed by atoms with Gasteiger partial charge in [-0.15, -0.1) is 0 Å². The van der Waals surface area contributed by atoms with Crippen LogP contribution < -0.4 is 10.0 Å². The molecule has 2 aromatic carbocycles. The van der Waals surface area contributed by atoms with E-state index in [1.54, 1.807) is 13.8 Å². The van der Waals surface area contributed by atoms with E-state index in [1.807, 2.05) is 60.7 Å². The maximum atomic E-state index is 12.7. The lowest BCUT2D eigenvalue weighted by Gasteiger charge is -2.27. The van der Waals surface area contributed by atoms with Gasteiger partial charge in [0.1, 0.15) is 5.57 Å². The van der Waals surface area contributed by atoms with Gasteiger partial charge in [-0.05, 0) is 38.1 Å². The number of amides is 2. The molecular formula is C18H16N2O2. The van der Waals surface area contributed by atoms with Crippen LogP contribution >= 0.6 is 0 Å². The number of carbonyl (C=O) groups excluding carboxylic acids is 2. The highest BCUT2D eigenvalue weighted by Crippen LogP contribution is 2.32. The maximum absolute atomic E-state index is 12.7. The normalized spacial score (nSPS) is 14.7. The number of anilines is 2. The second-order valence-corrected chi connectivity index (χ2v) is 5.28. The number of hydrogen-bond acceptors (Lipinski definition) is 2. The molecule has 1 saturated heterocycles. The van der Waals surface area contributed by atoms with E-state index in [4.69, 9.17) is 0 Å². The van der Waals surface area contributed by atoms with Gasteiger partial charge < -0.3 is 0 Å². The Bertz CT molecular complexity index is 688. The molecule has 0 aliphatic carbocycles. The zero-order valence-corrected chi connectivity index (χ0v) is 12.5. The smallest absolute Gasteiger partial charge is 0.267 e. The molecule has 2 amide bonds. The Hall–Kier alpha value is -2.88. The van der Waals surface area contributed by atoms with Gasteiger partial charge in [0, 0.05) is 0 Å². The third-order valence-electron chi connectivity index (χ3n) is 3.51. The van der Waals surface area contributed by atoms with Crippen LogP contribution in [0, 0.1) is 0 Å². The Morgan fingerprint density at radius 3 is 1.36 bits per heavy atom. The van der Waals surface area contributed by atoms with E-state index in [0.717, 1.165) is 5.57 Å². The summed E-state index contributed by atoms with van der Waals surface area (Å²) in [6.07, 6.45) is 0. The molecule has 0 N–H and O–H groups in total.